The van der Waals surface area contributed by atoms with E-state index >= 15 is 0 Å². The summed E-state index contributed by atoms with van der Waals surface area (Å²) in [5, 5.41) is 5.79. The van der Waals surface area contributed by atoms with Gasteiger partial charge in [0.05, 0.1) is 12.6 Å². The van der Waals surface area contributed by atoms with Gasteiger partial charge in [0.1, 0.15) is 12.6 Å². The van der Waals surface area contributed by atoms with E-state index in [1.165, 1.54) is 23.5 Å². The number of alkyl carbamates (subject to hydrolysis) is 1. The maximum absolute atomic E-state index is 13.3. The number of carbonyl (C=O) groups is 3. The Morgan fingerprint density at radius 2 is 1.70 bits per heavy atom. The fourth-order valence-electron chi connectivity index (χ4n) is 3.65. The summed E-state index contributed by atoms with van der Waals surface area (Å²) in [6, 6.07) is 8.21. The number of thioether (sulfide) groups is 2. The molecule has 1 aromatic rings. The lowest BCUT2D eigenvalue weighted by atomic mass is 10.0. The smallest absolute Gasteiger partial charge is 0.408 e. The zero-order valence-electron chi connectivity index (χ0n) is 19.9. The van der Waals surface area contributed by atoms with E-state index in [4.69, 9.17) is 9.47 Å². The number of hydrogen-bond acceptors (Lipinski definition) is 7. The molecule has 0 bridgehead atoms. The fourth-order valence-corrected chi connectivity index (χ4v) is 6.87. The van der Waals surface area contributed by atoms with Crippen LogP contribution in [0.4, 0.5) is 4.79 Å². The van der Waals surface area contributed by atoms with Gasteiger partial charge in [-0.1, -0.05) is 57.5 Å². The Morgan fingerprint density at radius 1 is 1.03 bits per heavy atom. The minimum Gasteiger partial charge on any atom is -0.464 e. The summed E-state index contributed by atoms with van der Waals surface area (Å²) in [4.78, 5) is 38.6. The van der Waals surface area contributed by atoms with Gasteiger partial charge < -0.3 is 20.1 Å². The zero-order valence-corrected chi connectivity index (χ0v) is 21.6. The van der Waals surface area contributed by atoms with Crippen LogP contribution >= 0.6 is 23.5 Å². The standard InChI is InChI=1S/C24H36N2O5S2/c1-5-10-20(24(22(28)30-6-2)32-13-14-33-24)26-21(27)19(15-17(3)4)25-23(29)31-16-18-11-8-7-9-12-18/h7-9,11-12,17,19-20H,5-6,10,13-16H2,1-4H3,(H,25,29)(H,26,27)/t19-,20?/m0/s1. The Morgan fingerprint density at radius 3 is 2.27 bits per heavy atom. The van der Waals surface area contributed by atoms with E-state index in [0.29, 0.717) is 19.4 Å². The molecule has 9 heteroatoms. The van der Waals surface area contributed by atoms with Crippen LogP contribution < -0.4 is 10.6 Å². The summed E-state index contributed by atoms with van der Waals surface area (Å²) in [6.45, 7) is 8.20. The first-order valence-electron chi connectivity index (χ1n) is 11.5. The van der Waals surface area contributed by atoms with Gasteiger partial charge in [-0.2, -0.15) is 0 Å². The largest absolute Gasteiger partial charge is 0.464 e. The van der Waals surface area contributed by atoms with E-state index < -0.39 is 22.3 Å². The van der Waals surface area contributed by atoms with Crippen molar-refractivity contribution in [2.24, 2.45) is 5.92 Å². The molecule has 1 aromatic carbocycles. The third-order valence-corrected chi connectivity index (χ3v) is 8.70. The first kappa shape index (κ1) is 27.4. The summed E-state index contributed by atoms with van der Waals surface area (Å²) in [7, 11) is 0. The number of hydrogen-bond donors (Lipinski definition) is 2. The predicted octanol–water partition coefficient (Wildman–Crippen LogP) is 4.35. The van der Waals surface area contributed by atoms with Crippen molar-refractivity contribution in [2.45, 2.75) is 69.7 Å². The molecule has 0 saturated carbocycles. The van der Waals surface area contributed by atoms with E-state index in [9.17, 15) is 14.4 Å². The summed E-state index contributed by atoms with van der Waals surface area (Å²) in [5.41, 5.74) is 0.868. The van der Waals surface area contributed by atoms with Gasteiger partial charge in [0, 0.05) is 11.5 Å². The summed E-state index contributed by atoms with van der Waals surface area (Å²) >= 11 is 3.07. The average Bonchev–Trinajstić information content (AvgIpc) is 3.29. The van der Waals surface area contributed by atoms with Gasteiger partial charge in [-0.15, -0.1) is 23.5 Å². The Bertz CT molecular complexity index is 769. The minimum absolute atomic E-state index is 0.125. The molecule has 1 heterocycles. The lowest BCUT2D eigenvalue weighted by Crippen LogP contribution is -2.57. The number of ether oxygens (including phenoxy) is 2. The van der Waals surface area contributed by atoms with Crippen molar-refractivity contribution in [3.63, 3.8) is 0 Å². The molecule has 2 amide bonds. The third kappa shape index (κ3) is 8.14. The van der Waals surface area contributed by atoms with Crippen LogP contribution in [0.25, 0.3) is 0 Å². The van der Waals surface area contributed by atoms with Crippen LogP contribution in [0.5, 0.6) is 0 Å². The van der Waals surface area contributed by atoms with Gasteiger partial charge in [0.15, 0.2) is 4.08 Å². The highest BCUT2D eigenvalue weighted by Gasteiger charge is 2.51. The SMILES string of the molecule is CCCC(NC(=O)[C@H](CC(C)C)NC(=O)OCc1ccccc1)C1(C(=O)OCC)SCCS1. The maximum atomic E-state index is 13.3. The van der Waals surface area contributed by atoms with Crippen molar-refractivity contribution >= 4 is 41.5 Å². The number of amides is 2. The number of carbonyl (C=O) groups excluding carboxylic acids is 3. The Labute approximate surface area is 205 Å². The van der Waals surface area contributed by atoms with Gasteiger partial charge in [0.25, 0.3) is 0 Å². The molecule has 0 aromatic heterocycles. The van der Waals surface area contributed by atoms with Crippen LogP contribution in [0.3, 0.4) is 0 Å². The maximum Gasteiger partial charge on any atom is 0.408 e. The second-order valence-electron chi connectivity index (χ2n) is 8.32. The normalized spacial score (nSPS) is 16.6. The van der Waals surface area contributed by atoms with Gasteiger partial charge >= 0.3 is 12.1 Å². The van der Waals surface area contributed by atoms with Crippen LogP contribution in [-0.2, 0) is 25.7 Å². The molecule has 2 rings (SSSR count). The van der Waals surface area contributed by atoms with Crippen molar-refractivity contribution in [3.8, 4) is 0 Å². The molecular weight excluding hydrogens is 460 g/mol. The second kappa shape index (κ2) is 13.7. The van der Waals surface area contributed by atoms with E-state index in [0.717, 1.165) is 23.5 Å². The van der Waals surface area contributed by atoms with Crippen LogP contribution in [0, 0.1) is 5.92 Å². The Kier molecular flexibility index (Phi) is 11.4. The quantitative estimate of drug-likeness (QED) is 0.416. The number of rotatable bonds is 12. The fraction of sp³-hybridized carbons (Fsp3) is 0.625. The van der Waals surface area contributed by atoms with Crippen molar-refractivity contribution < 1.29 is 23.9 Å². The second-order valence-corrected chi connectivity index (χ2v) is 11.3. The highest BCUT2D eigenvalue weighted by molar-refractivity contribution is 8.22. The average molecular weight is 497 g/mol. The van der Waals surface area contributed by atoms with Gasteiger partial charge in [-0.05, 0) is 31.2 Å². The molecule has 0 radical (unpaired) electrons. The molecule has 2 N–H and O–H groups in total. The van der Waals surface area contributed by atoms with Gasteiger partial charge in [0.2, 0.25) is 5.91 Å². The number of esters is 1. The monoisotopic (exact) mass is 496 g/mol. The van der Waals surface area contributed by atoms with E-state index in [1.807, 2.05) is 51.1 Å². The van der Waals surface area contributed by atoms with Gasteiger partial charge in [-0.3, -0.25) is 4.79 Å². The molecule has 184 valence electrons. The Balaban J connectivity index is 2.10. The summed E-state index contributed by atoms with van der Waals surface area (Å²) < 4.78 is 9.84. The molecule has 2 atom stereocenters. The van der Waals surface area contributed by atoms with Gasteiger partial charge in [-0.25, -0.2) is 9.59 Å². The first-order chi connectivity index (χ1) is 15.8. The molecule has 0 aliphatic carbocycles. The van der Waals surface area contributed by atoms with Crippen LogP contribution in [-0.4, -0.2) is 52.2 Å². The van der Waals surface area contributed by atoms with E-state index in [-0.39, 0.29) is 24.4 Å². The summed E-state index contributed by atoms with van der Waals surface area (Å²) in [6.07, 6.45) is 1.25. The molecule has 1 saturated heterocycles. The molecular formula is C24H36N2O5S2. The molecule has 7 nitrogen and oxygen atoms in total. The van der Waals surface area contributed by atoms with Crippen molar-refractivity contribution in [1.82, 2.24) is 10.6 Å². The van der Waals surface area contributed by atoms with Crippen LogP contribution in [0.15, 0.2) is 30.3 Å². The lowest BCUT2D eigenvalue weighted by molar-refractivity contribution is -0.144. The van der Waals surface area contributed by atoms with E-state index in [2.05, 4.69) is 10.6 Å². The molecule has 1 aliphatic heterocycles. The van der Waals surface area contributed by atoms with E-state index in [1.54, 1.807) is 6.92 Å². The van der Waals surface area contributed by atoms with Crippen LogP contribution in [0.2, 0.25) is 0 Å². The number of benzene rings is 1. The molecule has 1 fully saturated rings. The highest BCUT2D eigenvalue weighted by atomic mass is 32.2. The molecule has 1 aliphatic rings. The van der Waals surface area contributed by atoms with Crippen LogP contribution in [0.1, 0.15) is 52.5 Å². The van der Waals surface area contributed by atoms with Crippen molar-refractivity contribution in [3.05, 3.63) is 35.9 Å². The Hall–Kier alpha value is -1.87. The predicted molar refractivity (Wildman–Crippen MR) is 134 cm³/mol. The van der Waals surface area contributed by atoms with Crippen molar-refractivity contribution in [1.29, 1.82) is 0 Å². The molecule has 1 unspecified atom stereocenters. The number of nitrogens with one attached hydrogen (secondary N) is 2. The first-order valence-corrected chi connectivity index (χ1v) is 13.5. The lowest BCUT2D eigenvalue weighted by Gasteiger charge is -2.35. The van der Waals surface area contributed by atoms with Crippen molar-refractivity contribution in [2.75, 3.05) is 18.1 Å². The highest BCUT2D eigenvalue weighted by Crippen LogP contribution is 2.48. The molecule has 33 heavy (non-hydrogen) atoms. The zero-order chi connectivity index (χ0) is 24.3. The summed E-state index contributed by atoms with van der Waals surface area (Å²) in [5.74, 6) is 1.20. The minimum atomic E-state index is -0.863. The third-order valence-electron chi connectivity index (χ3n) is 5.16. The molecule has 0 spiro atoms. The topological polar surface area (TPSA) is 93.7 Å².